The zero-order valence-corrected chi connectivity index (χ0v) is 18.0. The molecule has 4 heteroatoms. The van der Waals surface area contributed by atoms with Gasteiger partial charge in [-0.1, -0.05) is 31.2 Å². The summed E-state index contributed by atoms with van der Waals surface area (Å²) >= 11 is 0. The number of rotatable bonds is 10. The predicted molar refractivity (Wildman–Crippen MR) is 121 cm³/mol. The Balaban J connectivity index is 1.64. The van der Waals surface area contributed by atoms with Gasteiger partial charge in [-0.25, -0.2) is 8.78 Å². The average Bonchev–Trinajstić information content (AvgIpc) is 2.78. The topological polar surface area (TPSA) is 18.5 Å². The van der Waals surface area contributed by atoms with Crippen LogP contribution in [0.5, 0.6) is 17.2 Å². The molecule has 0 saturated carbocycles. The first-order valence-corrected chi connectivity index (χ1v) is 10.5. The van der Waals surface area contributed by atoms with Crippen LogP contribution >= 0.6 is 0 Å². The largest absolute Gasteiger partial charge is 0.494 e. The minimum absolute atomic E-state index is 0.141. The molecule has 0 aromatic heterocycles. The molecule has 0 aliphatic rings. The molecule has 0 heterocycles. The van der Waals surface area contributed by atoms with Crippen LogP contribution in [-0.4, -0.2) is 6.61 Å². The molecule has 0 aliphatic carbocycles. The summed E-state index contributed by atoms with van der Waals surface area (Å²) in [6.07, 6.45) is 4.56. The number of ether oxygens (including phenoxy) is 2. The number of aryl methyl sites for hydroxylation is 1. The van der Waals surface area contributed by atoms with Gasteiger partial charge in [-0.05, 0) is 85.8 Å². The van der Waals surface area contributed by atoms with Crippen LogP contribution in [0.3, 0.4) is 0 Å². The second kappa shape index (κ2) is 10.3. The van der Waals surface area contributed by atoms with Crippen LogP contribution in [0.2, 0.25) is 0 Å². The molecule has 3 aromatic carbocycles. The summed E-state index contributed by atoms with van der Waals surface area (Å²) in [7, 11) is 0. The summed E-state index contributed by atoms with van der Waals surface area (Å²) in [6.45, 7) is 8.82. The van der Waals surface area contributed by atoms with Crippen LogP contribution in [0.25, 0.3) is 0 Å². The molecule has 0 aliphatic heterocycles. The van der Waals surface area contributed by atoms with E-state index in [1.54, 1.807) is 12.1 Å². The van der Waals surface area contributed by atoms with Crippen molar-refractivity contribution < 1.29 is 18.3 Å². The molecule has 162 valence electrons. The molecular formula is C27H28F2O2. The second-order valence-electron chi connectivity index (χ2n) is 7.75. The van der Waals surface area contributed by atoms with E-state index in [2.05, 4.69) is 25.6 Å². The summed E-state index contributed by atoms with van der Waals surface area (Å²) in [6, 6.07) is 18.6. The van der Waals surface area contributed by atoms with Gasteiger partial charge in [0.25, 0.3) is 0 Å². The molecule has 31 heavy (non-hydrogen) atoms. The van der Waals surface area contributed by atoms with Crippen LogP contribution in [0.1, 0.15) is 37.8 Å². The molecule has 0 bridgehead atoms. The highest BCUT2D eigenvalue weighted by Crippen LogP contribution is 2.33. The number of hydrogen-bond donors (Lipinski definition) is 0. The molecule has 1 atom stereocenters. The van der Waals surface area contributed by atoms with E-state index in [9.17, 15) is 8.78 Å². The van der Waals surface area contributed by atoms with Crippen LogP contribution in [-0.2, 0) is 11.8 Å². The third-order valence-electron chi connectivity index (χ3n) is 5.47. The van der Waals surface area contributed by atoms with Gasteiger partial charge in [-0.2, -0.15) is 0 Å². The van der Waals surface area contributed by atoms with E-state index in [1.165, 1.54) is 35.9 Å². The lowest BCUT2D eigenvalue weighted by molar-refractivity contribution is 0.340. The summed E-state index contributed by atoms with van der Waals surface area (Å²) in [5, 5.41) is 0. The lowest BCUT2D eigenvalue weighted by Gasteiger charge is -2.27. The fraction of sp³-hybridized carbons (Fsp3) is 0.259. The van der Waals surface area contributed by atoms with Gasteiger partial charge in [0.05, 0.1) is 6.61 Å². The Bertz CT molecular complexity index is 997. The summed E-state index contributed by atoms with van der Waals surface area (Å²) < 4.78 is 38.4. The molecule has 0 N–H and O–H groups in total. The van der Waals surface area contributed by atoms with Crippen molar-refractivity contribution in [1.29, 1.82) is 0 Å². The summed E-state index contributed by atoms with van der Waals surface area (Å²) in [4.78, 5) is 0. The molecule has 0 amide bonds. The van der Waals surface area contributed by atoms with Gasteiger partial charge >= 0.3 is 0 Å². The molecule has 0 spiro atoms. The highest BCUT2D eigenvalue weighted by Gasteiger charge is 2.22. The van der Waals surface area contributed by atoms with Crippen molar-refractivity contribution in [2.45, 2.75) is 38.5 Å². The van der Waals surface area contributed by atoms with E-state index in [0.717, 1.165) is 30.6 Å². The maximum atomic E-state index is 14.2. The van der Waals surface area contributed by atoms with E-state index in [0.29, 0.717) is 12.4 Å². The fourth-order valence-electron chi connectivity index (χ4n) is 3.53. The van der Waals surface area contributed by atoms with Crippen molar-refractivity contribution in [2.24, 2.45) is 0 Å². The van der Waals surface area contributed by atoms with E-state index < -0.39 is 5.82 Å². The smallest absolute Gasteiger partial charge is 0.165 e. The Kier molecular flexibility index (Phi) is 7.45. The van der Waals surface area contributed by atoms with E-state index >= 15 is 0 Å². The normalized spacial score (nSPS) is 12.8. The maximum absolute atomic E-state index is 14.2. The van der Waals surface area contributed by atoms with Gasteiger partial charge in [0.15, 0.2) is 11.6 Å². The van der Waals surface area contributed by atoms with Crippen molar-refractivity contribution in [2.75, 3.05) is 6.61 Å². The van der Waals surface area contributed by atoms with Gasteiger partial charge < -0.3 is 9.47 Å². The Morgan fingerprint density at radius 2 is 1.61 bits per heavy atom. The van der Waals surface area contributed by atoms with Crippen molar-refractivity contribution in [3.63, 3.8) is 0 Å². The van der Waals surface area contributed by atoms with Gasteiger partial charge in [0.2, 0.25) is 0 Å². The number of benzene rings is 3. The highest BCUT2D eigenvalue weighted by atomic mass is 19.1. The Hall–Kier alpha value is -3.14. The molecule has 3 rings (SSSR count). The fourth-order valence-corrected chi connectivity index (χ4v) is 3.53. The number of halogens is 2. The van der Waals surface area contributed by atoms with Crippen LogP contribution in [0.4, 0.5) is 8.78 Å². The minimum atomic E-state index is -0.446. The lowest BCUT2D eigenvalue weighted by Crippen LogP contribution is -2.18. The average molecular weight is 423 g/mol. The van der Waals surface area contributed by atoms with Gasteiger partial charge in [0, 0.05) is 5.41 Å². The van der Waals surface area contributed by atoms with Crippen molar-refractivity contribution in [3.8, 4) is 17.2 Å². The molecular weight excluding hydrogens is 394 g/mol. The quantitative estimate of drug-likeness (QED) is 0.313. The van der Waals surface area contributed by atoms with Crippen molar-refractivity contribution in [3.05, 3.63) is 102 Å². The first kappa shape index (κ1) is 22.5. The molecule has 1 unspecified atom stereocenters. The van der Waals surface area contributed by atoms with Crippen LogP contribution in [0.15, 0.2) is 79.4 Å². The van der Waals surface area contributed by atoms with E-state index in [1.807, 2.05) is 25.1 Å². The SMILES string of the molecule is C=CC(C)(CCCc1ccc(F)c(Oc2ccc(F)cc2)c1)c1ccc(OCC)cc1. The van der Waals surface area contributed by atoms with Crippen molar-refractivity contribution in [1.82, 2.24) is 0 Å². The Morgan fingerprint density at radius 3 is 2.26 bits per heavy atom. The van der Waals surface area contributed by atoms with E-state index in [4.69, 9.17) is 9.47 Å². The van der Waals surface area contributed by atoms with Crippen molar-refractivity contribution >= 4 is 0 Å². The molecule has 2 nitrogen and oxygen atoms in total. The molecule has 3 aromatic rings. The molecule has 0 radical (unpaired) electrons. The lowest BCUT2D eigenvalue weighted by atomic mass is 9.78. The maximum Gasteiger partial charge on any atom is 0.165 e. The van der Waals surface area contributed by atoms with Gasteiger partial charge in [-0.15, -0.1) is 6.58 Å². The Morgan fingerprint density at radius 1 is 0.935 bits per heavy atom. The first-order chi connectivity index (χ1) is 14.9. The second-order valence-corrected chi connectivity index (χ2v) is 7.75. The van der Waals surface area contributed by atoms with Crippen LogP contribution < -0.4 is 9.47 Å². The van der Waals surface area contributed by atoms with Gasteiger partial charge in [0.1, 0.15) is 17.3 Å². The minimum Gasteiger partial charge on any atom is -0.494 e. The first-order valence-electron chi connectivity index (χ1n) is 10.5. The summed E-state index contributed by atoms with van der Waals surface area (Å²) in [5.41, 5.74) is 2.00. The number of hydrogen-bond acceptors (Lipinski definition) is 2. The third-order valence-corrected chi connectivity index (χ3v) is 5.47. The Labute approximate surface area is 183 Å². The molecule has 0 fully saturated rings. The highest BCUT2D eigenvalue weighted by molar-refractivity contribution is 5.36. The monoisotopic (exact) mass is 422 g/mol. The number of allylic oxidation sites excluding steroid dienone is 1. The molecule has 0 saturated heterocycles. The van der Waals surface area contributed by atoms with Gasteiger partial charge in [-0.3, -0.25) is 0 Å². The van der Waals surface area contributed by atoms with E-state index in [-0.39, 0.29) is 17.0 Å². The third kappa shape index (κ3) is 5.94. The zero-order chi connectivity index (χ0) is 22.3. The van der Waals surface area contributed by atoms with Crippen LogP contribution in [0, 0.1) is 11.6 Å². The summed E-state index contributed by atoms with van der Waals surface area (Å²) in [5.74, 6) is 0.588. The standard InChI is InChI=1S/C27H28F2O2/c1-4-27(3,21-9-13-23(14-10-21)30-5-2)18-6-7-20-8-17-25(29)26(19-20)31-24-15-11-22(28)12-16-24/h4,8-17,19H,1,5-7,18H2,2-3H3. The zero-order valence-electron chi connectivity index (χ0n) is 18.0. The predicted octanol–water partition coefficient (Wildman–Crippen LogP) is 7.62.